The molecule has 2 aliphatic heterocycles. The van der Waals surface area contributed by atoms with Crippen LogP contribution in [0.1, 0.15) is 25.2 Å². The number of fused-ring (bicyclic) bond motifs is 3. The molecule has 0 bridgehead atoms. The predicted octanol–water partition coefficient (Wildman–Crippen LogP) is 2.05. The summed E-state index contributed by atoms with van der Waals surface area (Å²) in [6.07, 6.45) is 0. The number of benzene rings is 1. The van der Waals surface area contributed by atoms with E-state index >= 15 is 0 Å². The molecule has 5 rings (SSSR count). The lowest BCUT2D eigenvalue weighted by Crippen LogP contribution is -2.37. The number of anilines is 1. The summed E-state index contributed by atoms with van der Waals surface area (Å²) >= 11 is 0. The highest BCUT2D eigenvalue weighted by atomic mass is 16.5. The molecule has 0 radical (unpaired) electrons. The molecule has 0 aliphatic carbocycles. The molecule has 0 amide bonds. The van der Waals surface area contributed by atoms with Crippen LogP contribution < -0.4 is 10.6 Å². The molecule has 0 unspecified atom stereocenters. The average molecular weight is 394 g/mol. The van der Waals surface area contributed by atoms with E-state index in [1.807, 2.05) is 18.2 Å². The fraction of sp³-hybridized carbons (Fsp3) is 0.476. The Morgan fingerprint density at radius 1 is 1.07 bits per heavy atom. The standard InChI is InChI=1S/C21H26N6O2/c1-21(2)20-23-16-18(26-6-9-28-10-7-26)24-17(15-5-3-4-14(12-15)13-22)25-19(16)27(20)8-11-29-21/h3-5,12H,6-11,13,22H2,1-2H3. The maximum Gasteiger partial charge on any atom is 0.166 e. The van der Waals surface area contributed by atoms with Gasteiger partial charge in [-0.2, -0.15) is 0 Å². The number of aromatic nitrogens is 4. The lowest BCUT2D eigenvalue weighted by Gasteiger charge is -2.30. The summed E-state index contributed by atoms with van der Waals surface area (Å²) in [5, 5.41) is 0. The van der Waals surface area contributed by atoms with Crippen molar-refractivity contribution >= 4 is 17.0 Å². The van der Waals surface area contributed by atoms with Gasteiger partial charge in [-0.15, -0.1) is 0 Å². The molecule has 1 aromatic carbocycles. The fourth-order valence-corrected chi connectivity index (χ4v) is 4.08. The van der Waals surface area contributed by atoms with Gasteiger partial charge >= 0.3 is 0 Å². The van der Waals surface area contributed by atoms with Crippen LogP contribution in [0.5, 0.6) is 0 Å². The molecule has 1 saturated heterocycles. The average Bonchev–Trinajstić information content (AvgIpc) is 3.14. The van der Waals surface area contributed by atoms with Crippen LogP contribution in [0.4, 0.5) is 5.82 Å². The normalized spacial score (nSPS) is 18.8. The van der Waals surface area contributed by atoms with Crippen LogP contribution in [0.25, 0.3) is 22.6 Å². The monoisotopic (exact) mass is 394 g/mol. The van der Waals surface area contributed by atoms with E-state index in [0.717, 1.165) is 53.6 Å². The van der Waals surface area contributed by atoms with Gasteiger partial charge in [0, 0.05) is 31.7 Å². The van der Waals surface area contributed by atoms with Crippen LogP contribution in [0.3, 0.4) is 0 Å². The Morgan fingerprint density at radius 3 is 2.69 bits per heavy atom. The second kappa shape index (κ2) is 7.05. The lowest BCUT2D eigenvalue weighted by atomic mass is 10.1. The summed E-state index contributed by atoms with van der Waals surface area (Å²) < 4.78 is 13.7. The van der Waals surface area contributed by atoms with Crippen molar-refractivity contribution in [3.05, 3.63) is 35.7 Å². The number of rotatable bonds is 3. The molecular formula is C21H26N6O2. The minimum atomic E-state index is -0.457. The highest BCUT2D eigenvalue weighted by molar-refractivity contribution is 5.86. The zero-order valence-electron chi connectivity index (χ0n) is 16.9. The Hall–Kier alpha value is -2.55. The largest absolute Gasteiger partial charge is 0.378 e. The molecule has 0 atom stereocenters. The first-order chi connectivity index (χ1) is 14.1. The zero-order valence-corrected chi connectivity index (χ0v) is 16.9. The van der Waals surface area contributed by atoms with Crippen molar-refractivity contribution in [1.29, 1.82) is 0 Å². The minimum Gasteiger partial charge on any atom is -0.378 e. The third kappa shape index (κ3) is 3.17. The smallest absolute Gasteiger partial charge is 0.166 e. The van der Waals surface area contributed by atoms with Gasteiger partial charge < -0.3 is 24.7 Å². The first-order valence-corrected chi connectivity index (χ1v) is 10.1. The van der Waals surface area contributed by atoms with E-state index in [9.17, 15) is 0 Å². The summed E-state index contributed by atoms with van der Waals surface area (Å²) in [5.41, 5.74) is 9.11. The first kappa shape index (κ1) is 18.5. The Morgan fingerprint density at radius 2 is 1.90 bits per heavy atom. The molecule has 2 aromatic heterocycles. The van der Waals surface area contributed by atoms with Crippen LogP contribution in [0, 0.1) is 0 Å². The molecule has 2 N–H and O–H groups in total. The van der Waals surface area contributed by atoms with Crippen LogP contribution in [0.15, 0.2) is 24.3 Å². The molecule has 2 aliphatic rings. The van der Waals surface area contributed by atoms with Crippen LogP contribution in [-0.2, 0) is 28.2 Å². The van der Waals surface area contributed by atoms with Gasteiger partial charge in [-0.3, -0.25) is 0 Å². The Kier molecular flexibility index (Phi) is 4.49. The number of ether oxygens (including phenoxy) is 2. The van der Waals surface area contributed by atoms with Crippen molar-refractivity contribution in [3.8, 4) is 11.4 Å². The van der Waals surface area contributed by atoms with E-state index in [1.165, 1.54) is 0 Å². The highest BCUT2D eigenvalue weighted by Crippen LogP contribution is 2.35. The Labute approximate surface area is 169 Å². The summed E-state index contributed by atoms with van der Waals surface area (Å²) in [4.78, 5) is 17.1. The summed E-state index contributed by atoms with van der Waals surface area (Å²) in [7, 11) is 0. The molecule has 0 spiro atoms. The van der Waals surface area contributed by atoms with Crippen molar-refractivity contribution in [2.75, 3.05) is 37.8 Å². The van der Waals surface area contributed by atoms with E-state index in [2.05, 4.69) is 29.4 Å². The highest BCUT2D eigenvalue weighted by Gasteiger charge is 2.34. The van der Waals surface area contributed by atoms with E-state index < -0.39 is 5.60 Å². The quantitative estimate of drug-likeness (QED) is 0.727. The first-order valence-electron chi connectivity index (χ1n) is 10.1. The van der Waals surface area contributed by atoms with Gasteiger partial charge in [0.05, 0.1) is 19.8 Å². The van der Waals surface area contributed by atoms with Crippen molar-refractivity contribution in [1.82, 2.24) is 19.5 Å². The molecular weight excluding hydrogens is 368 g/mol. The second-order valence-corrected chi connectivity index (χ2v) is 7.99. The third-order valence-corrected chi connectivity index (χ3v) is 5.62. The van der Waals surface area contributed by atoms with E-state index in [4.69, 9.17) is 30.2 Å². The molecule has 1 fully saturated rings. The molecule has 152 valence electrons. The Bertz CT molecular complexity index is 1050. The van der Waals surface area contributed by atoms with Crippen molar-refractivity contribution < 1.29 is 9.47 Å². The van der Waals surface area contributed by atoms with Crippen LogP contribution in [-0.4, -0.2) is 52.4 Å². The second-order valence-electron chi connectivity index (χ2n) is 7.99. The maximum atomic E-state index is 5.97. The fourth-order valence-electron chi connectivity index (χ4n) is 4.08. The van der Waals surface area contributed by atoms with Gasteiger partial charge in [0.15, 0.2) is 22.8 Å². The van der Waals surface area contributed by atoms with E-state index in [-0.39, 0.29) is 0 Å². The van der Waals surface area contributed by atoms with Gasteiger partial charge in [0.1, 0.15) is 11.4 Å². The van der Waals surface area contributed by atoms with Crippen molar-refractivity contribution in [2.45, 2.75) is 32.5 Å². The van der Waals surface area contributed by atoms with Crippen molar-refractivity contribution in [2.24, 2.45) is 5.73 Å². The lowest BCUT2D eigenvalue weighted by molar-refractivity contribution is -0.0530. The minimum absolute atomic E-state index is 0.457. The number of morpholine rings is 1. The number of hydrogen-bond acceptors (Lipinski definition) is 7. The number of nitrogens with two attached hydrogens (primary N) is 1. The molecule has 8 heteroatoms. The van der Waals surface area contributed by atoms with E-state index in [0.29, 0.717) is 32.2 Å². The van der Waals surface area contributed by atoms with Crippen LogP contribution in [0.2, 0.25) is 0 Å². The Balaban J connectivity index is 1.74. The number of nitrogens with zero attached hydrogens (tertiary/aromatic N) is 5. The summed E-state index contributed by atoms with van der Waals surface area (Å²) in [6, 6.07) is 8.11. The molecule has 0 saturated carbocycles. The van der Waals surface area contributed by atoms with Crippen LogP contribution >= 0.6 is 0 Å². The van der Waals surface area contributed by atoms with Gasteiger partial charge in [-0.25, -0.2) is 15.0 Å². The van der Waals surface area contributed by atoms with E-state index in [1.54, 1.807) is 0 Å². The molecule has 4 heterocycles. The molecule has 3 aromatic rings. The van der Waals surface area contributed by atoms with Crippen molar-refractivity contribution in [3.63, 3.8) is 0 Å². The van der Waals surface area contributed by atoms with Gasteiger partial charge in [-0.05, 0) is 25.5 Å². The number of imidazole rings is 1. The summed E-state index contributed by atoms with van der Waals surface area (Å²) in [6.45, 7) is 8.91. The number of hydrogen-bond donors (Lipinski definition) is 1. The van der Waals surface area contributed by atoms with Gasteiger partial charge in [0.2, 0.25) is 0 Å². The summed E-state index contributed by atoms with van der Waals surface area (Å²) in [5.74, 6) is 2.46. The molecule has 8 nitrogen and oxygen atoms in total. The SMILES string of the molecule is CC1(C)OCCn2c1nc1c(N3CCOCC3)nc(-c3cccc(CN)c3)nc12. The maximum absolute atomic E-state index is 5.97. The predicted molar refractivity (Wildman–Crippen MR) is 111 cm³/mol. The molecule has 29 heavy (non-hydrogen) atoms. The topological polar surface area (TPSA) is 91.3 Å². The van der Waals surface area contributed by atoms with Gasteiger partial charge in [0.25, 0.3) is 0 Å². The zero-order chi connectivity index (χ0) is 20.0. The third-order valence-electron chi connectivity index (χ3n) is 5.62. The van der Waals surface area contributed by atoms with Gasteiger partial charge in [-0.1, -0.05) is 18.2 Å².